The summed E-state index contributed by atoms with van der Waals surface area (Å²) in [4.78, 5) is 4.74. The van der Waals surface area contributed by atoms with Gasteiger partial charge in [0, 0.05) is 17.0 Å². The molecule has 0 bridgehead atoms. The average Bonchev–Trinajstić information content (AvgIpc) is 2.72. The highest BCUT2D eigenvalue weighted by atomic mass is 16.5. The van der Waals surface area contributed by atoms with E-state index in [1.165, 1.54) is 31.4 Å². The van der Waals surface area contributed by atoms with Crippen LogP contribution in [0.2, 0.25) is 0 Å². The summed E-state index contributed by atoms with van der Waals surface area (Å²) < 4.78 is 5.87. The number of aliphatic imine (C=N–C) groups is 1. The van der Waals surface area contributed by atoms with E-state index < -0.39 is 0 Å². The Morgan fingerprint density at radius 3 is 2.95 bits per heavy atom. The van der Waals surface area contributed by atoms with Crippen LogP contribution in [0.4, 0.5) is 0 Å². The van der Waals surface area contributed by atoms with E-state index in [9.17, 15) is 0 Å². The van der Waals surface area contributed by atoms with Gasteiger partial charge in [-0.1, -0.05) is 25.0 Å². The molecule has 0 heterocycles. The second-order valence-electron chi connectivity index (χ2n) is 5.44. The number of hydrogen-bond acceptors (Lipinski definition) is 2. The van der Waals surface area contributed by atoms with E-state index in [1.54, 1.807) is 0 Å². The van der Waals surface area contributed by atoms with Crippen molar-refractivity contribution >= 4 is 5.71 Å². The maximum Gasteiger partial charge on any atom is 0.102 e. The van der Waals surface area contributed by atoms with Crippen molar-refractivity contribution in [1.82, 2.24) is 0 Å². The van der Waals surface area contributed by atoms with Gasteiger partial charge in [0.2, 0.25) is 0 Å². The molecule has 0 spiro atoms. The lowest BCUT2D eigenvalue weighted by atomic mass is 9.64. The molecule has 1 saturated carbocycles. The highest BCUT2D eigenvalue weighted by Gasteiger charge is 2.49. The summed E-state index contributed by atoms with van der Waals surface area (Å²) in [5.74, 6) is 1.65. The smallest absolute Gasteiger partial charge is 0.102 e. The van der Waals surface area contributed by atoms with Gasteiger partial charge in [-0.2, -0.15) is 0 Å². The van der Waals surface area contributed by atoms with Gasteiger partial charge in [0.15, 0.2) is 0 Å². The minimum absolute atomic E-state index is 0.146. The predicted octanol–water partition coefficient (Wildman–Crippen LogP) is 4.30. The Balaban J connectivity index is 2.36. The van der Waals surface area contributed by atoms with Gasteiger partial charge in [0.25, 0.3) is 0 Å². The quantitative estimate of drug-likeness (QED) is 0.652. The van der Waals surface area contributed by atoms with Gasteiger partial charge in [0.05, 0.1) is 13.2 Å². The normalized spacial score (nSPS) is 31.7. The molecule has 2 aliphatic rings. The third kappa shape index (κ3) is 2.54. The van der Waals surface area contributed by atoms with Crippen LogP contribution in [0.25, 0.3) is 0 Å². The van der Waals surface area contributed by atoms with Crippen molar-refractivity contribution < 1.29 is 4.74 Å². The molecule has 0 aromatic heterocycles. The van der Waals surface area contributed by atoms with E-state index in [4.69, 9.17) is 9.73 Å². The average molecular weight is 259 g/mol. The highest BCUT2D eigenvalue weighted by molar-refractivity contribution is 6.03. The van der Waals surface area contributed by atoms with Gasteiger partial charge >= 0.3 is 0 Å². The van der Waals surface area contributed by atoms with E-state index in [1.807, 2.05) is 12.2 Å². The molecule has 0 radical (unpaired) electrons. The Morgan fingerprint density at radius 2 is 2.26 bits per heavy atom. The molecule has 1 fully saturated rings. The van der Waals surface area contributed by atoms with Gasteiger partial charge in [0.1, 0.15) is 5.76 Å². The van der Waals surface area contributed by atoms with Crippen LogP contribution >= 0.6 is 0 Å². The largest absolute Gasteiger partial charge is 0.498 e. The summed E-state index contributed by atoms with van der Waals surface area (Å²) in [7, 11) is 0. The summed E-state index contributed by atoms with van der Waals surface area (Å²) in [6.45, 7) is 11.2. The van der Waals surface area contributed by atoms with Crippen LogP contribution < -0.4 is 0 Å². The standard InChI is InChI=1S/C17H25NO/c1-4-10-17-11-8-7-9-14(17)15(19-6-3)13-16(17)18-12-5-2/h4-5,13-14H,1-2,6-12H2,3H3/t14-,17-/m1/s1. The number of ether oxygens (including phenoxy) is 1. The van der Waals surface area contributed by atoms with Crippen LogP contribution in [-0.4, -0.2) is 18.9 Å². The first kappa shape index (κ1) is 14.1. The summed E-state index contributed by atoms with van der Waals surface area (Å²) in [6.07, 6.45) is 12.1. The number of rotatable bonds is 6. The third-order valence-corrected chi connectivity index (χ3v) is 4.38. The Kier molecular flexibility index (Phi) is 4.62. The molecule has 2 rings (SSSR count). The molecule has 104 valence electrons. The van der Waals surface area contributed by atoms with Crippen LogP contribution in [0.1, 0.15) is 39.0 Å². The third-order valence-electron chi connectivity index (χ3n) is 4.38. The molecule has 19 heavy (non-hydrogen) atoms. The molecule has 0 saturated heterocycles. The number of fused-ring (bicyclic) bond motifs is 1. The van der Waals surface area contributed by atoms with Gasteiger partial charge in [-0.05, 0) is 32.3 Å². The SMILES string of the molecule is C=CCN=C1C=C(OCC)[C@H]2CCCC[C@@]12CC=C. The van der Waals surface area contributed by atoms with Gasteiger partial charge < -0.3 is 4.74 Å². The van der Waals surface area contributed by atoms with Crippen LogP contribution in [0, 0.1) is 11.3 Å². The number of nitrogens with zero attached hydrogens (tertiary/aromatic N) is 1. The first-order valence-corrected chi connectivity index (χ1v) is 7.39. The molecule has 0 amide bonds. The summed E-state index contributed by atoms with van der Waals surface area (Å²) in [5, 5.41) is 0. The maximum absolute atomic E-state index is 5.87. The van der Waals surface area contributed by atoms with Crippen molar-refractivity contribution in [3.05, 3.63) is 37.1 Å². The van der Waals surface area contributed by atoms with Crippen molar-refractivity contribution in [2.75, 3.05) is 13.2 Å². The molecule has 0 N–H and O–H groups in total. The number of allylic oxidation sites excluding steroid dienone is 3. The molecular formula is C17H25NO. The molecule has 2 aliphatic carbocycles. The minimum Gasteiger partial charge on any atom is -0.498 e. The molecule has 0 aliphatic heterocycles. The van der Waals surface area contributed by atoms with Gasteiger partial charge in [-0.15, -0.1) is 13.2 Å². The van der Waals surface area contributed by atoms with Gasteiger partial charge in [-0.25, -0.2) is 0 Å². The van der Waals surface area contributed by atoms with Crippen LogP contribution in [0.5, 0.6) is 0 Å². The van der Waals surface area contributed by atoms with Gasteiger partial charge in [-0.3, -0.25) is 4.99 Å². The van der Waals surface area contributed by atoms with E-state index in [2.05, 4.69) is 26.2 Å². The monoisotopic (exact) mass is 259 g/mol. The van der Waals surface area contributed by atoms with E-state index in [-0.39, 0.29) is 5.41 Å². The van der Waals surface area contributed by atoms with E-state index in [0.717, 1.165) is 18.8 Å². The molecule has 0 aromatic rings. The van der Waals surface area contributed by atoms with Crippen molar-refractivity contribution in [1.29, 1.82) is 0 Å². The lowest BCUT2D eigenvalue weighted by Gasteiger charge is -2.40. The topological polar surface area (TPSA) is 21.6 Å². The minimum atomic E-state index is 0.146. The van der Waals surface area contributed by atoms with Crippen molar-refractivity contribution in [2.24, 2.45) is 16.3 Å². The van der Waals surface area contributed by atoms with Crippen LogP contribution in [0.15, 0.2) is 42.1 Å². The fourth-order valence-corrected chi connectivity index (χ4v) is 3.62. The fourth-order valence-electron chi connectivity index (χ4n) is 3.62. The Hall–Kier alpha value is -1.31. The summed E-state index contributed by atoms with van der Waals surface area (Å²) >= 11 is 0. The predicted molar refractivity (Wildman–Crippen MR) is 81.4 cm³/mol. The van der Waals surface area contributed by atoms with E-state index >= 15 is 0 Å². The molecule has 0 aromatic carbocycles. The zero-order valence-electron chi connectivity index (χ0n) is 12.0. The second kappa shape index (κ2) is 6.23. The molecule has 2 atom stereocenters. The van der Waals surface area contributed by atoms with Crippen molar-refractivity contribution in [2.45, 2.75) is 39.0 Å². The first-order chi connectivity index (χ1) is 9.28. The highest BCUT2D eigenvalue weighted by Crippen LogP contribution is 2.53. The van der Waals surface area contributed by atoms with Crippen molar-refractivity contribution in [3.63, 3.8) is 0 Å². The lowest BCUT2D eigenvalue weighted by molar-refractivity contribution is 0.122. The number of hydrogen-bond donors (Lipinski definition) is 0. The maximum atomic E-state index is 5.87. The summed E-state index contributed by atoms with van der Waals surface area (Å²) in [6, 6.07) is 0. The fraction of sp³-hybridized carbons (Fsp3) is 0.588. The Morgan fingerprint density at radius 1 is 1.42 bits per heavy atom. The molecule has 2 heteroatoms. The van der Waals surface area contributed by atoms with E-state index in [0.29, 0.717) is 12.5 Å². The zero-order chi connectivity index (χ0) is 13.7. The lowest BCUT2D eigenvalue weighted by Crippen LogP contribution is -2.37. The molecule has 0 unspecified atom stereocenters. The van der Waals surface area contributed by atoms with Crippen molar-refractivity contribution in [3.8, 4) is 0 Å². The zero-order valence-corrected chi connectivity index (χ0v) is 12.0. The first-order valence-electron chi connectivity index (χ1n) is 7.39. The summed E-state index contributed by atoms with van der Waals surface area (Å²) in [5.41, 5.74) is 1.36. The van der Waals surface area contributed by atoms with Crippen LogP contribution in [0.3, 0.4) is 0 Å². The Bertz CT molecular complexity index is 407. The second-order valence-corrected chi connectivity index (χ2v) is 5.44. The van der Waals surface area contributed by atoms with Crippen LogP contribution in [-0.2, 0) is 4.74 Å². The Labute approximate surface area is 117 Å². The molecular weight excluding hydrogens is 234 g/mol. The molecule has 2 nitrogen and oxygen atoms in total.